The van der Waals surface area contributed by atoms with Crippen molar-refractivity contribution < 1.29 is 20.8 Å². The van der Waals surface area contributed by atoms with Crippen molar-refractivity contribution in [1.82, 2.24) is 0 Å². The topological polar surface area (TPSA) is 14.1 Å². The molecule has 124 valence electrons. The first-order valence-corrected chi connectivity index (χ1v) is 14.7. The van der Waals surface area contributed by atoms with Gasteiger partial charge in [0, 0.05) is 9.85 Å². The van der Waals surface area contributed by atoms with Crippen LogP contribution in [0.4, 0.5) is 5.69 Å². The van der Waals surface area contributed by atoms with Crippen molar-refractivity contribution in [2.24, 2.45) is 0 Å². The molecule has 0 N–H and O–H groups in total. The van der Waals surface area contributed by atoms with Gasteiger partial charge in [0.25, 0.3) is 0 Å². The summed E-state index contributed by atoms with van der Waals surface area (Å²) in [5.41, 5.74) is 6.46. The fourth-order valence-corrected chi connectivity index (χ4v) is 3.17. The average Bonchev–Trinajstić information content (AvgIpc) is 2.95. The van der Waals surface area contributed by atoms with E-state index in [2.05, 4.69) is 73.1 Å². The molecular formula is C19H20Cl2NSiZr-. The summed E-state index contributed by atoms with van der Waals surface area (Å²) < 4.78 is 0. The van der Waals surface area contributed by atoms with E-state index in [0.717, 1.165) is 18.5 Å². The normalized spacial score (nSPS) is 13.7. The second-order valence-electron chi connectivity index (χ2n) is 6.07. The van der Waals surface area contributed by atoms with Gasteiger partial charge < -0.3 is 5.32 Å². The molecule has 1 nitrogen and oxygen atoms in total. The molecule has 0 saturated heterocycles. The van der Waals surface area contributed by atoms with Gasteiger partial charge in [-0.2, -0.15) is 0 Å². The molecule has 0 bridgehead atoms. The molecule has 2 radical (unpaired) electrons. The van der Waals surface area contributed by atoms with E-state index in [9.17, 15) is 0 Å². The molecule has 1 aliphatic carbocycles. The number of hydrogen-bond acceptors (Lipinski definition) is 0. The Bertz CT molecular complexity index is 735. The van der Waals surface area contributed by atoms with Crippen molar-refractivity contribution in [3.8, 4) is 11.1 Å². The minimum atomic E-state index is -0.826. The van der Waals surface area contributed by atoms with Crippen LogP contribution in [0.5, 0.6) is 0 Å². The van der Waals surface area contributed by atoms with Crippen molar-refractivity contribution in [1.29, 1.82) is 0 Å². The molecule has 0 heterocycles. The van der Waals surface area contributed by atoms with Crippen LogP contribution in [-0.4, -0.2) is 20.6 Å². The van der Waals surface area contributed by atoms with Gasteiger partial charge in [-0.3, -0.25) is 0 Å². The van der Waals surface area contributed by atoms with Crippen LogP contribution in [0.25, 0.3) is 16.4 Å². The molecule has 2 aromatic rings. The molecular weight excluding hydrogens is 432 g/mol. The van der Waals surface area contributed by atoms with Gasteiger partial charge in [-0.05, 0) is 30.0 Å². The molecule has 2 aromatic carbocycles. The number of nitrogens with zero attached hydrogens (tertiary/aromatic N) is 1. The Morgan fingerprint density at radius 2 is 1.79 bits per heavy atom. The molecule has 0 saturated carbocycles. The summed E-state index contributed by atoms with van der Waals surface area (Å²) >= 11 is -0.826. The minimum absolute atomic E-state index is 0.152. The van der Waals surface area contributed by atoms with Crippen molar-refractivity contribution in [2.45, 2.75) is 39.2 Å². The summed E-state index contributed by atoms with van der Waals surface area (Å²) in [5, 5.41) is 6.26. The number of halogens is 2. The van der Waals surface area contributed by atoms with Crippen LogP contribution < -0.4 is 0 Å². The van der Waals surface area contributed by atoms with E-state index >= 15 is 0 Å². The fourth-order valence-electron chi connectivity index (χ4n) is 2.94. The van der Waals surface area contributed by atoms with E-state index in [0.29, 0.717) is 0 Å². The fraction of sp³-hybridized carbons (Fsp3) is 0.316. The van der Waals surface area contributed by atoms with Gasteiger partial charge in [-0.25, -0.2) is 0 Å². The Morgan fingerprint density at radius 3 is 2.42 bits per heavy atom. The van der Waals surface area contributed by atoms with Crippen LogP contribution in [0.2, 0.25) is 0 Å². The van der Waals surface area contributed by atoms with Crippen LogP contribution in [0.1, 0.15) is 38.3 Å². The Hall–Kier alpha value is -0.210. The summed E-state index contributed by atoms with van der Waals surface area (Å²) in [6, 6.07) is 15.2. The van der Waals surface area contributed by atoms with E-state index in [4.69, 9.17) is 22.3 Å². The molecule has 0 aliphatic heterocycles. The SMILES string of the molecule is CCC(C)([N-]c1cccc2c1Cc1ccccc1-2)C(C)=[Si].[Cl][Zr][Cl]. The van der Waals surface area contributed by atoms with Crippen molar-refractivity contribution in [2.75, 3.05) is 0 Å². The first-order valence-electron chi connectivity index (χ1n) is 7.91. The third-order valence-electron chi connectivity index (χ3n) is 4.69. The summed E-state index contributed by atoms with van der Waals surface area (Å²) in [4.78, 5) is 0. The van der Waals surface area contributed by atoms with Crippen LogP contribution in [0, 0.1) is 0 Å². The zero-order valence-corrected chi connectivity index (χ0v) is 19.1. The van der Waals surface area contributed by atoms with Crippen molar-refractivity contribution in [3.63, 3.8) is 0 Å². The quantitative estimate of drug-likeness (QED) is 0.421. The van der Waals surface area contributed by atoms with Crippen LogP contribution in [0.3, 0.4) is 0 Å². The van der Waals surface area contributed by atoms with Gasteiger partial charge in [-0.15, -0.1) is 10.9 Å². The van der Waals surface area contributed by atoms with E-state index in [-0.39, 0.29) is 5.54 Å². The third-order valence-corrected chi connectivity index (χ3v) is 5.23. The molecule has 0 aromatic heterocycles. The van der Waals surface area contributed by atoms with Crippen LogP contribution >= 0.6 is 17.0 Å². The number of hydrogen-bond donors (Lipinski definition) is 0. The van der Waals surface area contributed by atoms with Gasteiger partial charge in [0.05, 0.1) is 0 Å². The zero-order chi connectivity index (χ0) is 17.7. The summed E-state index contributed by atoms with van der Waals surface area (Å²) in [7, 11) is 13.6. The van der Waals surface area contributed by atoms with Gasteiger partial charge in [-0.1, -0.05) is 73.8 Å². The van der Waals surface area contributed by atoms with Gasteiger partial charge in [0.2, 0.25) is 0 Å². The van der Waals surface area contributed by atoms with Gasteiger partial charge in [0.1, 0.15) is 0 Å². The molecule has 0 fully saturated rings. The van der Waals surface area contributed by atoms with E-state index < -0.39 is 20.8 Å². The van der Waals surface area contributed by atoms with E-state index in [1.165, 1.54) is 27.4 Å². The zero-order valence-electron chi connectivity index (χ0n) is 14.2. The predicted octanol–water partition coefficient (Wildman–Crippen LogP) is 6.17. The molecule has 1 aliphatic rings. The third kappa shape index (κ3) is 4.30. The van der Waals surface area contributed by atoms with Crippen molar-refractivity contribution >= 4 is 37.7 Å². The number of rotatable bonds is 4. The summed E-state index contributed by atoms with van der Waals surface area (Å²) in [6.45, 7) is 6.48. The van der Waals surface area contributed by atoms with Gasteiger partial charge in [0.15, 0.2) is 0 Å². The maximum absolute atomic E-state index is 5.08. The average molecular weight is 453 g/mol. The molecule has 5 heteroatoms. The first kappa shape index (κ1) is 20.1. The van der Waals surface area contributed by atoms with Crippen molar-refractivity contribution in [3.05, 3.63) is 58.9 Å². The predicted molar refractivity (Wildman–Crippen MR) is 105 cm³/mol. The Kier molecular flexibility index (Phi) is 7.49. The Balaban J connectivity index is 0.000000647. The molecule has 0 amide bonds. The molecule has 3 rings (SSSR count). The summed E-state index contributed by atoms with van der Waals surface area (Å²) in [5.74, 6) is 0. The van der Waals surface area contributed by atoms with Crippen LogP contribution in [0.15, 0.2) is 42.5 Å². The van der Waals surface area contributed by atoms with Gasteiger partial charge >= 0.3 is 37.9 Å². The van der Waals surface area contributed by atoms with Crippen LogP contribution in [-0.2, 0) is 27.3 Å². The van der Waals surface area contributed by atoms with E-state index in [1.54, 1.807) is 0 Å². The van der Waals surface area contributed by atoms with E-state index in [1.807, 2.05) is 0 Å². The number of fused-ring (bicyclic) bond motifs is 3. The first-order chi connectivity index (χ1) is 11.5. The molecule has 1 atom stereocenters. The molecule has 1 unspecified atom stereocenters. The summed E-state index contributed by atoms with van der Waals surface area (Å²) in [6.07, 6.45) is 1.98. The number of benzene rings is 2. The Morgan fingerprint density at radius 1 is 1.17 bits per heavy atom. The Labute approximate surface area is 166 Å². The maximum atomic E-state index is 5.08. The molecule has 0 spiro atoms. The second-order valence-corrected chi connectivity index (χ2v) is 10.6. The second kappa shape index (κ2) is 8.94. The monoisotopic (exact) mass is 450 g/mol. The molecule has 24 heavy (non-hydrogen) atoms. The standard InChI is InChI=1S/C19H20NSi.2ClH.Zr/c1-4-19(3,13(2)21)20-18-11-7-10-16-15-9-6-5-8-14(15)12-17(16)18;;;/h5-11H,4,12H2,1-3H3;2*1H;/q-1;;;+2/p-2.